The first-order valence-electron chi connectivity index (χ1n) is 0.730. The molecule has 0 amide bonds. The maximum Gasteiger partial charge on any atom is 4.00 e. The molecule has 0 aliphatic rings. The van der Waals surface area contributed by atoms with Gasteiger partial charge in [0.15, 0.2) is 0 Å². The van der Waals surface area contributed by atoms with Crippen molar-refractivity contribution in [2.24, 2.45) is 0 Å². The number of hydrogen-bond acceptors (Lipinski definition) is 4. The molecule has 0 rings (SSSR count). The maximum absolute atomic E-state index is 8.55. The Morgan fingerprint density at radius 3 is 1.33 bits per heavy atom. The molecule has 0 aromatic rings. The molecule has 0 atom stereocenters. The van der Waals surface area contributed by atoms with E-state index in [1.165, 1.54) is 0 Å². The average molecular weight is 304 g/mol. The first-order chi connectivity index (χ1) is 2.00. The smallest absolute Gasteiger partial charge is 0.822 e. The topological polar surface area (TPSA) is 86.2 Å². The van der Waals surface area contributed by atoms with Gasteiger partial charge in [-0.2, -0.15) is 7.82 Å². The molecular weight excluding hydrogens is 302 g/mol. The van der Waals surface area contributed by atoms with Crippen molar-refractivity contribution < 1.29 is 22.1 Å². The van der Waals surface area contributed by atoms with Crippen LogP contribution in [0.25, 0.3) is 0 Å². The minimum absolute atomic E-state index is 0. The summed E-state index contributed by atoms with van der Waals surface area (Å²) in [5, 5.41) is 0. The third-order valence-corrected chi connectivity index (χ3v) is 0. The fraction of sp³-hybridized carbons (Fsp3) is 0. The summed E-state index contributed by atoms with van der Waals surface area (Å²) in [6.07, 6.45) is 0. The van der Waals surface area contributed by atoms with Crippen LogP contribution in [-0.4, -0.2) is 27.3 Å². The van der Waals surface area contributed by atoms with Crippen LogP contribution in [0.15, 0.2) is 0 Å². The second-order valence-corrected chi connectivity index (χ2v) is 1.34. The van der Waals surface area contributed by atoms with Crippen LogP contribution < -0.4 is 14.7 Å². The van der Waals surface area contributed by atoms with Gasteiger partial charge in [-0.3, -0.25) is 0 Å². The van der Waals surface area contributed by atoms with Gasteiger partial charge in [-0.05, 0) is 0 Å². The Kier molecular flexibility index (Phi) is 5.20. The summed E-state index contributed by atoms with van der Waals surface area (Å²) in [5.41, 5.74) is 0. The molecule has 0 aromatic heterocycles. The van der Waals surface area contributed by atoms with Crippen LogP contribution in [0, 0.1) is 0 Å². The van der Waals surface area contributed by atoms with E-state index in [2.05, 4.69) is 0 Å². The Bertz CT molecular complexity index is 60.2. The Morgan fingerprint density at radius 1 is 1.33 bits per heavy atom. The molecule has 0 fully saturated rings. The molecule has 32 valence electrons. The SMILES string of the molecule is O=P([O-])([O-])[O-].[H+].[H+].[Pb+4]. The first kappa shape index (κ1) is 10.1. The summed E-state index contributed by atoms with van der Waals surface area (Å²) in [6.45, 7) is 0. The van der Waals surface area contributed by atoms with Gasteiger partial charge in [0.05, 0.1) is 0 Å². The summed E-state index contributed by atoms with van der Waals surface area (Å²) >= 11 is 0. The summed E-state index contributed by atoms with van der Waals surface area (Å²) in [4.78, 5) is 25.6. The van der Waals surface area contributed by atoms with Gasteiger partial charge in [-0.1, -0.05) is 0 Å². The van der Waals surface area contributed by atoms with Crippen molar-refractivity contribution in [3.63, 3.8) is 0 Å². The summed E-state index contributed by atoms with van der Waals surface area (Å²) in [5.74, 6) is 0. The largest absolute Gasteiger partial charge is 4.00 e. The Balaban J connectivity index is -0.0000000267. The molecule has 0 aromatic carbocycles. The average Bonchev–Trinajstić information content (AvgIpc) is 0.722. The zero-order chi connectivity index (χ0) is 4.50. The molecule has 4 nitrogen and oxygen atoms in total. The minimum atomic E-state index is -5.39. The zero-order valence-electron chi connectivity index (χ0n) is 4.58. The third kappa shape index (κ3) is 76.8. The summed E-state index contributed by atoms with van der Waals surface area (Å²) in [7, 11) is -5.39. The second-order valence-electron chi connectivity index (χ2n) is 0.447. The van der Waals surface area contributed by atoms with Crippen LogP contribution in [0.3, 0.4) is 0 Å². The van der Waals surface area contributed by atoms with Gasteiger partial charge in [0.25, 0.3) is 0 Å². The Hall–Kier alpha value is 1.03. The van der Waals surface area contributed by atoms with Crippen molar-refractivity contribution in [3.05, 3.63) is 0 Å². The normalized spacial score (nSPS) is 9.83. The van der Waals surface area contributed by atoms with E-state index in [1.54, 1.807) is 0 Å². The Morgan fingerprint density at radius 2 is 1.33 bits per heavy atom. The molecule has 0 N–H and O–H groups in total. The number of rotatable bonds is 0. The predicted molar refractivity (Wildman–Crippen MR) is 15.6 cm³/mol. The molecule has 0 aliphatic heterocycles. The van der Waals surface area contributed by atoms with Crippen molar-refractivity contribution in [1.29, 1.82) is 0 Å². The predicted octanol–water partition coefficient (Wildman–Crippen LogP) is -2.98. The molecule has 0 bridgehead atoms. The van der Waals surface area contributed by atoms with Crippen LogP contribution in [-0.2, 0) is 4.57 Å². The van der Waals surface area contributed by atoms with E-state index in [9.17, 15) is 0 Å². The van der Waals surface area contributed by atoms with Crippen LogP contribution in [0.5, 0.6) is 0 Å². The van der Waals surface area contributed by atoms with Crippen LogP contribution in [0.2, 0.25) is 0 Å². The number of hydrogen-bond donors (Lipinski definition) is 0. The minimum Gasteiger partial charge on any atom is -0.822 e. The van der Waals surface area contributed by atoms with Gasteiger partial charge >= 0.3 is 30.2 Å². The van der Waals surface area contributed by atoms with E-state index >= 15 is 0 Å². The molecule has 0 saturated carbocycles. The standard InChI is InChI=1S/H3O4P.Pb/c1-5(2,3)4;/h(H3,1,2,3,4);/q;+4/p-1. The number of phosphoric acid groups is 1. The molecule has 0 heterocycles. The van der Waals surface area contributed by atoms with Gasteiger partial charge in [0, 0.05) is 0 Å². The molecule has 0 spiro atoms. The van der Waals surface area contributed by atoms with Crippen molar-refractivity contribution in [2.75, 3.05) is 0 Å². The van der Waals surface area contributed by atoms with Crippen LogP contribution >= 0.6 is 7.82 Å². The zero-order valence-corrected chi connectivity index (χ0v) is 7.36. The molecular formula is H2O4PPb+3. The van der Waals surface area contributed by atoms with Gasteiger partial charge in [0.2, 0.25) is 0 Å². The van der Waals surface area contributed by atoms with Crippen LogP contribution in [0.1, 0.15) is 2.85 Å². The van der Waals surface area contributed by atoms with E-state index in [1.807, 2.05) is 0 Å². The summed E-state index contributed by atoms with van der Waals surface area (Å²) in [6, 6.07) is 0. The van der Waals surface area contributed by atoms with Crippen molar-refractivity contribution in [3.8, 4) is 0 Å². The Labute approximate surface area is 57.6 Å². The molecule has 6 heavy (non-hydrogen) atoms. The molecule has 0 aliphatic carbocycles. The van der Waals surface area contributed by atoms with E-state index in [0.717, 1.165) is 0 Å². The van der Waals surface area contributed by atoms with Gasteiger partial charge in [0.1, 0.15) is 0 Å². The van der Waals surface area contributed by atoms with Gasteiger partial charge < -0.3 is 19.2 Å². The monoisotopic (exact) mass is 305 g/mol. The van der Waals surface area contributed by atoms with E-state index < -0.39 is 7.82 Å². The van der Waals surface area contributed by atoms with Gasteiger partial charge in [-0.25, -0.2) is 0 Å². The first-order valence-corrected chi connectivity index (χ1v) is 2.19. The maximum atomic E-state index is 8.55. The molecule has 0 unspecified atom stereocenters. The van der Waals surface area contributed by atoms with Crippen molar-refractivity contribution in [2.45, 2.75) is 0 Å². The fourth-order valence-corrected chi connectivity index (χ4v) is 0. The fourth-order valence-electron chi connectivity index (χ4n) is 0. The van der Waals surface area contributed by atoms with Crippen molar-refractivity contribution in [1.82, 2.24) is 0 Å². The van der Waals surface area contributed by atoms with Gasteiger partial charge in [-0.15, -0.1) is 0 Å². The van der Waals surface area contributed by atoms with Crippen molar-refractivity contribution >= 4 is 35.1 Å². The van der Waals surface area contributed by atoms with E-state index in [4.69, 9.17) is 19.2 Å². The summed E-state index contributed by atoms with van der Waals surface area (Å²) < 4.78 is 8.55. The third-order valence-electron chi connectivity index (χ3n) is 0. The van der Waals surface area contributed by atoms with E-state index in [0.29, 0.717) is 0 Å². The molecule has 6 heteroatoms. The van der Waals surface area contributed by atoms with E-state index in [-0.39, 0.29) is 30.2 Å². The molecule has 0 saturated heterocycles. The molecule has 0 radical (unpaired) electrons. The quantitative estimate of drug-likeness (QED) is 0.353. The second kappa shape index (κ2) is 3.09. The van der Waals surface area contributed by atoms with Crippen LogP contribution in [0.4, 0.5) is 0 Å².